The second-order valence-electron chi connectivity index (χ2n) is 10.0. The summed E-state index contributed by atoms with van der Waals surface area (Å²) in [5.41, 5.74) is 1.64. The maximum Gasteiger partial charge on any atom is 0.375 e. The summed E-state index contributed by atoms with van der Waals surface area (Å²) in [6, 6.07) is 30.9. The van der Waals surface area contributed by atoms with Crippen molar-refractivity contribution in [1.82, 2.24) is 0 Å². The van der Waals surface area contributed by atoms with E-state index in [0.717, 1.165) is 21.9 Å². The summed E-state index contributed by atoms with van der Waals surface area (Å²) in [5.74, 6) is -1.82. The zero-order chi connectivity index (χ0) is 27.1. The molecule has 0 unspecified atom stereocenters. The number of nitrogens with zero attached hydrogens (tertiary/aromatic N) is 1. The molecule has 1 amide bonds. The lowest BCUT2D eigenvalue weighted by Gasteiger charge is -2.24. The normalized spacial score (nSPS) is 11.1. The first-order chi connectivity index (χ1) is 18.2. The number of benzene rings is 4. The number of rotatable bonds is 9. The average Bonchev–Trinajstić information content (AvgIpc) is 2.90. The quantitative estimate of drug-likeness (QED) is 0.151. The van der Waals surface area contributed by atoms with E-state index in [1.54, 1.807) is 39.0 Å². The molecule has 194 valence electrons. The lowest BCUT2D eigenvalue weighted by Crippen LogP contribution is -2.35. The zero-order valence-electron chi connectivity index (χ0n) is 21.8. The van der Waals surface area contributed by atoms with Gasteiger partial charge in [0.2, 0.25) is 11.7 Å². The standard InChI is InChI=1S/C32H31NO5/c1-32(2,3)38-31(36)29(34)20-30(35)33(21-24-16-17-25-12-7-8-13-26(25)18-24)27-14-9-15-28(19-27)37-22-23-10-5-4-6-11-23/h4-19H,20-22H2,1-3H3. The van der Waals surface area contributed by atoms with Crippen LogP contribution in [0.2, 0.25) is 0 Å². The Hall–Kier alpha value is -4.45. The highest BCUT2D eigenvalue weighted by Gasteiger charge is 2.27. The maximum absolute atomic E-state index is 13.4. The van der Waals surface area contributed by atoms with E-state index in [0.29, 0.717) is 18.0 Å². The van der Waals surface area contributed by atoms with E-state index < -0.39 is 29.7 Å². The lowest BCUT2D eigenvalue weighted by molar-refractivity contribution is -0.163. The molecule has 6 heteroatoms. The van der Waals surface area contributed by atoms with Crippen LogP contribution in [-0.2, 0) is 32.3 Å². The Morgan fingerprint density at radius 3 is 2.18 bits per heavy atom. The van der Waals surface area contributed by atoms with Gasteiger partial charge in [0.15, 0.2) is 0 Å². The van der Waals surface area contributed by atoms with Crippen molar-refractivity contribution in [2.45, 2.75) is 45.9 Å². The van der Waals surface area contributed by atoms with Gasteiger partial charge in [-0.3, -0.25) is 9.59 Å². The van der Waals surface area contributed by atoms with Crippen molar-refractivity contribution in [2.75, 3.05) is 4.90 Å². The van der Waals surface area contributed by atoms with E-state index in [-0.39, 0.29) is 6.54 Å². The molecular weight excluding hydrogens is 478 g/mol. The Balaban J connectivity index is 1.59. The summed E-state index contributed by atoms with van der Waals surface area (Å²) in [5, 5.41) is 2.13. The van der Waals surface area contributed by atoms with E-state index in [9.17, 15) is 14.4 Å². The Bertz CT molecular complexity index is 1440. The second-order valence-corrected chi connectivity index (χ2v) is 10.0. The average molecular weight is 510 g/mol. The molecule has 0 atom stereocenters. The molecule has 6 nitrogen and oxygen atoms in total. The fraction of sp³-hybridized carbons (Fsp3) is 0.219. The van der Waals surface area contributed by atoms with Crippen LogP contribution in [-0.4, -0.2) is 23.3 Å². The maximum atomic E-state index is 13.4. The van der Waals surface area contributed by atoms with E-state index in [4.69, 9.17) is 9.47 Å². The van der Waals surface area contributed by atoms with E-state index >= 15 is 0 Å². The monoisotopic (exact) mass is 509 g/mol. The summed E-state index contributed by atoms with van der Waals surface area (Å²) in [7, 11) is 0. The summed E-state index contributed by atoms with van der Waals surface area (Å²) < 4.78 is 11.1. The molecule has 0 N–H and O–H groups in total. The van der Waals surface area contributed by atoms with Gasteiger partial charge in [0.1, 0.15) is 18.0 Å². The number of amides is 1. The molecular formula is C32H31NO5. The molecule has 4 aromatic rings. The first kappa shape index (κ1) is 26.6. The van der Waals surface area contributed by atoms with Crippen molar-refractivity contribution < 1.29 is 23.9 Å². The summed E-state index contributed by atoms with van der Waals surface area (Å²) in [4.78, 5) is 39.8. The smallest absolute Gasteiger partial charge is 0.375 e. The predicted molar refractivity (Wildman–Crippen MR) is 148 cm³/mol. The van der Waals surface area contributed by atoms with Crippen molar-refractivity contribution in [3.63, 3.8) is 0 Å². The van der Waals surface area contributed by atoms with E-state index in [1.807, 2.05) is 78.9 Å². The van der Waals surface area contributed by atoms with Gasteiger partial charge in [-0.2, -0.15) is 0 Å². The number of carbonyl (C=O) groups is 3. The molecule has 4 rings (SSSR count). The Morgan fingerprint density at radius 1 is 0.737 bits per heavy atom. The Labute approximate surface area is 222 Å². The fourth-order valence-electron chi connectivity index (χ4n) is 3.97. The molecule has 4 aromatic carbocycles. The highest BCUT2D eigenvalue weighted by Crippen LogP contribution is 2.26. The number of hydrogen-bond acceptors (Lipinski definition) is 5. The number of carbonyl (C=O) groups excluding carboxylic acids is 3. The van der Waals surface area contributed by atoms with Crippen molar-refractivity contribution in [3.05, 3.63) is 108 Å². The number of hydrogen-bond donors (Lipinski definition) is 0. The van der Waals surface area contributed by atoms with Crippen LogP contribution in [0.15, 0.2) is 97.1 Å². The molecule has 0 fully saturated rings. The molecule has 0 heterocycles. The molecule has 38 heavy (non-hydrogen) atoms. The third kappa shape index (κ3) is 7.29. The highest BCUT2D eigenvalue weighted by atomic mass is 16.6. The molecule has 0 spiro atoms. The number of esters is 1. The van der Waals surface area contributed by atoms with Gasteiger partial charge in [-0.25, -0.2) is 4.79 Å². The van der Waals surface area contributed by atoms with Crippen molar-refractivity contribution in [1.29, 1.82) is 0 Å². The Morgan fingerprint density at radius 2 is 1.45 bits per heavy atom. The minimum atomic E-state index is -1.02. The van der Waals surface area contributed by atoms with Gasteiger partial charge in [-0.15, -0.1) is 0 Å². The number of ketones is 1. The molecule has 0 saturated carbocycles. The topological polar surface area (TPSA) is 72.9 Å². The highest BCUT2D eigenvalue weighted by molar-refractivity contribution is 6.37. The van der Waals surface area contributed by atoms with Gasteiger partial charge in [-0.05, 0) is 60.9 Å². The molecule has 0 bridgehead atoms. The van der Waals surface area contributed by atoms with Crippen LogP contribution in [0.1, 0.15) is 38.3 Å². The summed E-state index contributed by atoms with van der Waals surface area (Å²) in [6.07, 6.45) is -0.600. The SMILES string of the molecule is CC(C)(C)OC(=O)C(=O)CC(=O)N(Cc1ccc2ccccc2c1)c1cccc(OCc2ccccc2)c1. The molecule has 0 saturated heterocycles. The van der Waals surface area contributed by atoms with Crippen LogP contribution in [0.3, 0.4) is 0 Å². The van der Waals surface area contributed by atoms with Gasteiger partial charge in [0.05, 0.1) is 13.0 Å². The number of ether oxygens (including phenoxy) is 2. The van der Waals surface area contributed by atoms with E-state index in [2.05, 4.69) is 0 Å². The van der Waals surface area contributed by atoms with Gasteiger partial charge in [0.25, 0.3) is 0 Å². The van der Waals surface area contributed by atoms with Crippen LogP contribution in [0.5, 0.6) is 5.75 Å². The van der Waals surface area contributed by atoms with Gasteiger partial charge < -0.3 is 14.4 Å². The van der Waals surface area contributed by atoms with Gasteiger partial charge in [0, 0.05) is 11.8 Å². The van der Waals surface area contributed by atoms with Crippen LogP contribution in [0.25, 0.3) is 10.8 Å². The third-order valence-electron chi connectivity index (χ3n) is 5.77. The van der Waals surface area contributed by atoms with Crippen LogP contribution < -0.4 is 9.64 Å². The first-order valence-corrected chi connectivity index (χ1v) is 12.5. The van der Waals surface area contributed by atoms with E-state index in [1.165, 1.54) is 4.90 Å². The minimum absolute atomic E-state index is 0.216. The first-order valence-electron chi connectivity index (χ1n) is 12.5. The Kier molecular flexibility index (Phi) is 8.22. The van der Waals surface area contributed by atoms with Crippen molar-refractivity contribution in [3.8, 4) is 5.75 Å². The van der Waals surface area contributed by atoms with Gasteiger partial charge in [-0.1, -0.05) is 72.8 Å². The third-order valence-corrected chi connectivity index (χ3v) is 5.77. The predicted octanol–water partition coefficient (Wildman–Crippen LogP) is 6.25. The van der Waals surface area contributed by atoms with Crippen LogP contribution >= 0.6 is 0 Å². The molecule has 0 aliphatic carbocycles. The number of fused-ring (bicyclic) bond motifs is 1. The number of Topliss-reactive ketones (excluding diaryl/α,β-unsaturated/α-hetero) is 1. The molecule has 0 radical (unpaired) electrons. The lowest BCUT2D eigenvalue weighted by atomic mass is 10.1. The molecule has 0 aromatic heterocycles. The summed E-state index contributed by atoms with van der Waals surface area (Å²) in [6.45, 7) is 5.61. The minimum Gasteiger partial charge on any atom is -0.489 e. The molecule has 0 aliphatic heterocycles. The van der Waals surface area contributed by atoms with Crippen LogP contribution in [0.4, 0.5) is 5.69 Å². The van der Waals surface area contributed by atoms with Gasteiger partial charge >= 0.3 is 5.97 Å². The number of anilines is 1. The zero-order valence-corrected chi connectivity index (χ0v) is 21.8. The van der Waals surface area contributed by atoms with Crippen molar-refractivity contribution >= 4 is 34.1 Å². The fourth-order valence-corrected chi connectivity index (χ4v) is 3.97. The molecule has 0 aliphatic rings. The summed E-state index contributed by atoms with van der Waals surface area (Å²) >= 11 is 0. The second kappa shape index (κ2) is 11.7. The van der Waals surface area contributed by atoms with Crippen LogP contribution in [0, 0.1) is 0 Å². The largest absolute Gasteiger partial charge is 0.489 e. The van der Waals surface area contributed by atoms with Crippen molar-refractivity contribution in [2.24, 2.45) is 0 Å².